The number of hydrogen-bond acceptors (Lipinski definition) is 6. The molecule has 0 spiro atoms. The summed E-state index contributed by atoms with van der Waals surface area (Å²) in [6, 6.07) is 17.5. The van der Waals surface area contributed by atoms with Crippen LogP contribution in [0.4, 0.5) is 11.4 Å². The Hall–Kier alpha value is -2.47. The largest absolute Gasteiger partial charge is 0.378 e. The molecule has 28 heavy (non-hydrogen) atoms. The Labute approximate surface area is 168 Å². The van der Waals surface area contributed by atoms with Gasteiger partial charge in [-0.3, -0.25) is 4.18 Å². The lowest BCUT2D eigenvalue weighted by atomic mass is 10.2. The summed E-state index contributed by atoms with van der Waals surface area (Å²) in [6.07, 6.45) is 0. The highest BCUT2D eigenvalue weighted by molar-refractivity contribution is 7.86. The second kappa shape index (κ2) is 11.4. The average Bonchev–Trinajstić information content (AvgIpc) is 2.63. The molecule has 6 nitrogen and oxygen atoms in total. The maximum absolute atomic E-state index is 11.3. The van der Waals surface area contributed by atoms with Crippen molar-refractivity contribution in [3.8, 4) is 0 Å². The molecular formula is C21H29N3O3S. The molecule has 0 unspecified atom stereocenters. The molecule has 0 N–H and O–H groups in total. The van der Waals surface area contributed by atoms with Gasteiger partial charge in [0, 0.05) is 19.8 Å². The Balaban J connectivity index is 0.000000283. The van der Waals surface area contributed by atoms with Crippen molar-refractivity contribution < 1.29 is 12.6 Å². The van der Waals surface area contributed by atoms with Crippen LogP contribution in [-0.4, -0.2) is 41.2 Å². The number of rotatable bonds is 6. The highest BCUT2D eigenvalue weighted by atomic mass is 32.2. The van der Waals surface area contributed by atoms with Gasteiger partial charge in [-0.05, 0) is 64.1 Å². The van der Waals surface area contributed by atoms with Gasteiger partial charge in [0.1, 0.15) is 0 Å². The Kier molecular flexibility index (Phi) is 9.59. The Morgan fingerprint density at radius 3 is 2.07 bits per heavy atom. The summed E-state index contributed by atoms with van der Waals surface area (Å²) in [5.41, 5.74) is 3.06. The SMILES string of the molecule is CC(C)N=C=Nc1ccc(N(C)C)cc1.CCOS(=O)(=O)c1ccc(C)cc1. The highest BCUT2D eigenvalue weighted by Crippen LogP contribution is 2.17. The quantitative estimate of drug-likeness (QED) is 0.518. The number of anilines is 1. The molecule has 0 aliphatic carbocycles. The molecule has 0 aromatic heterocycles. The average molecular weight is 404 g/mol. The van der Waals surface area contributed by atoms with E-state index in [1.807, 2.05) is 59.1 Å². The molecule has 152 valence electrons. The van der Waals surface area contributed by atoms with E-state index in [1.165, 1.54) is 0 Å². The third kappa shape index (κ3) is 8.48. The summed E-state index contributed by atoms with van der Waals surface area (Å²) in [5, 5.41) is 0. The normalized spacial score (nSPS) is 10.5. The predicted octanol–water partition coefficient (Wildman–Crippen LogP) is 4.69. The molecule has 2 rings (SSSR count). The molecule has 0 amide bonds. The number of hydrogen-bond donors (Lipinski definition) is 0. The molecule has 0 saturated carbocycles. The van der Waals surface area contributed by atoms with Gasteiger partial charge < -0.3 is 4.90 Å². The maximum atomic E-state index is 11.3. The van der Waals surface area contributed by atoms with Crippen molar-refractivity contribution >= 4 is 27.5 Å². The van der Waals surface area contributed by atoms with Gasteiger partial charge in [-0.15, -0.1) is 0 Å². The van der Waals surface area contributed by atoms with Crippen LogP contribution in [0, 0.1) is 6.92 Å². The van der Waals surface area contributed by atoms with Crippen molar-refractivity contribution in [3.05, 3.63) is 54.1 Å². The molecule has 0 saturated heterocycles. The molecule has 0 radical (unpaired) electrons. The van der Waals surface area contributed by atoms with E-state index in [4.69, 9.17) is 0 Å². The van der Waals surface area contributed by atoms with Crippen LogP contribution in [0.3, 0.4) is 0 Å². The van der Waals surface area contributed by atoms with Crippen molar-refractivity contribution in [1.29, 1.82) is 0 Å². The molecule has 0 aliphatic heterocycles. The predicted molar refractivity (Wildman–Crippen MR) is 115 cm³/mol. The van der Waals surface area contributed by atoms with E-state index in [-0.39, 0.29) is 17.5 Å². The van der Waals surface area contributed by atoms with Gasteiger partial charge in [0.25, 0.3) is 10.1 Å². The van der Waals surface area contributed by atoms with Gasteiger partial charge in [-0.2, -0.15) is 13.4 Å². The van der Waals surface area contributed by atoms with Gasteiger partial charge in [0.2, 0.25) is 0 Å². The van der Waals surface area contributed by atoms with Crippen LogP contribution in [-0.2, 0) is 14.3 Å². The minimum atomic E-state index is -3.53. The zero-order valence-corrected chi connectivity index (χ0v) is 18.2. The van der Waals surface area contributed by atoms with E-state index < -0.39 is 10.1 Å². The van der Waals surface area contributed by atoms with E-state index in [0.29, 0.717) is 0 Å². The van der Waals surface area contributed by atoms with Crippen LogP contribution in [0.5, 0.6) is 0 Å². The first-order valence-corrected chi connectivity index (χ1v) is 10.5. The van der Waals surface area contributed by atoms with Crippen molar-refractivity contribution in [3.63, 3.8) is 0 Å². The molecule has 0 fully saturated rings. The van der Waals surface area contributed by atoms with Crippen LogP contribution < -0.4 is 4.90 Å². The first-order chi connectivity index (χ1) is 13.2. The fourth-order valence-electron chi connectivity index (χ4n) is 1.96. The maximum Gasteiger partial charge on any atom is 0.296 e. The van der Waals surface area contributed by atoms with E-state index in [0.717, 1.165) is 16.9 Å². The lowest BCUT2D eigenvalue weighted by Gasteiger charge is -2.11. The van der Waals surface area contributed by atoms with Crippen LogP contribution >= 0.6 is 0 Å². The number of aryl methyl sites for hydroxylation is 1. The van der Waals surface area contributed by atoms with E-state index in [1.54, 1.807) is 31.2 Å². The first kappa shape index (κ1) is 23.6. The number of benzene rings is 2. The molecular weight excluding hydrogens is 374 g/mol. The first-order valence-electron chi connectivity index (χ1n) is 9.04. The zero-order chi connectivity index (χ0) is 21.2. The standard InChI is InChI=1S/C12H17N3.C9H12O3S/c1-10(2)13-9-14-11-5-7-12(8-6-11)15(3)4;1-3-12-13(10,11)9-6-4-8(2)5-7-9/h5-8,10H,1-4H3;4-7H,3H2,1-2H3. The fraction of sp³-hybridized carbons (Fsp3) is 0.381. The van der Waals surface area contributed by atoms with Crippen molar-refractivity contribution in [1.82, 2.24) is 0 Å². The topological polar surface area (TPSA) is 71.3 Å². The van der Waals surface area contributed by atoms with Crippen LogP contribution in [0.15, 0.2) is 63.4 Å². The van der Waals surface area contributed by atoms with Crippen molar-refractivity contribution in [2.75, 3.05) is 25.6 Å². The second-order valence-electron chi connectivity index (χ2n) is 6.52. The summed E-state index contributed by atoms with van der Waals surface area (Å²) >= 11 is 0. The third-order valence-electron chi connectivity index (χ3n) is 3.44. The molecule has 7 heteroatoms. The van der Waals surface area contributed by atoms with Crippen LogP contribution in [0.2, 0.25) is 0 Å². The summed E-state index contributed by atoms with van der Waals surface area (Å²) < 4.78 is 27.3. The lowest BCUT2D eigenvalue weighted by Crippen LogP contribution is -2.07. The Bertz CT molecular complexity index is 881. The van der Waals surface area contributed by atoms with Gasteiger partial charge in [0.15, 0.2) is 0 Å². The highest BCUT2D eigenvalue weighted by Gasteiger charge is 2.12. The molecule has 0 aliphatic rings. The zero-order valence-electron chi connectivity index (χ0n) is 17.4. The number of aliphatic imine (C=N–C) groups is 2. The van der Waals surface area contributed by atoms with Gasteiger partial charge in [-0.1, -0.05) is 17.7 Å². The monoisotopic (exact) mass is 403 g/mol. The van der Waals surface area contributed by atoms with Crippen molar-refractivity contribution in [2.45, 2.75) is 38.6 Å². The van der Waals surface area contributed by atoms with Crippen LogP contribution in [0.1, 0.15) is 26.3 Å². The third-order valence-corrected chi connectivity index (χ3v) is 4.84. The van der Waals surface area contributed by atoms with Crippen LogP contribution in [0.25, 0.3) is 0 Å². The smallest absolute Gasteiger partial charge is 0.296 e. The summed E-state index contributed by atoms with van der Waals surface area (Å²) in [4.78, 5) is 10.4. The van der Waals surface area contributed by atoms with E-state index in [9.17, 15) is 8.42 Å². The molecule has 0 bridgehead atoms. The summed E-state index contributed by atoms with van der Waals surface area (Å²) in [5.74, 6) is 0. The number of nitrogens with zero attached hydrogens (tertiary/aromatic N) is 3. The van der Waals surface area contributed by atoms with Crippen molar-refractivity contribution in [2.24, 2.45) is 9.98 Å². The summed E-state index contributed by atoms with van der Waals surface area (Å²) in [6.45, 7) is 7.70. The molecule has 2 aromatic carbocycles. The Morgan fingerprint density at radius 2 is 1.61 bits per heavy atom. The fourth-order valence-corrected chi connectivity index (χ4v) is 2.87. The Morgan fingerprint density at radius 1 is 1.04 bits per heavy atom. The molecule has 0 heterocycles. The van der Waals surface area contributed by atoms with Gasteiger partial charge >= 0.3 is 0 Å². The van der Waals surface area contributed by atoms with Gasteiger partial charge in [-0.25, -0.2) is 4.99 Å². The lowest BCUT2D eigenvalue weighted by molar-refractivity contribution is 0.338. The van der Waals surface area contributed by atoms with Gasteiger partial charge in [0.05, 0.1) is 29.2 Å². The summed E-state index contributed by atoms with van der Waals surface area (Å²) in [7, 11) is 0.498. The molecule has 2 aromatic rings. The van der Waals surface area contributed by atoms with E-state index >= 15 is 0 Å². The second-order valence-corrected chi connectivity index (χ2v) is 8.13. The van der Waals surface area contributed by atoms with E-state index in [2.05, 4.69) is 25.1 Å². The molecule has 0 atom stereocenters. The minimum Gasteiger partial charge on any atom is -0.378 e. The minimum absolute atomic E-state index is 0.163.